The van der Waals surface area contributed by atoms with Crippen LogP contribution in [-0.4, -0.2) is 18.1 Å². The van der Waals surface area contributed by atoms with Crippen LogP contribution >= 0.6 is 23.7 Å². The Morgan fingerprint density at radius 2 is 2.00 bits per heavy atom. The van der Waals surface area contributed by atoms with Gasteiger partial charge in [0, 0.05) is 10.8 Å². The number of rotatable bonds is 1. The molecule has 1 aliphatic heterocycles. The van der Waals surface area contributed by atoms with Crippen LogP contribution in [0.1, 0.15) is 40.8 Å². The second kappa shape index (κ2) is 4.81. The average molecular weight is 245 g/mol. The number of aromatic nitrogens is 1. The minimum atomic E-state index is 0. The maximum atomic E-state index is 4.81. The van der Waals surface area contributed by atoms with Gasteiger partial charge in [-0.15, -0.1) is 23.7 Å². The second-order valence-electron chi connectivity index (χ2n) is 4.30. The molecule has 0 amide bonds. The smallest absolute Gasteiger partial charge is 0.0962 e. The highest BCUT2D eigenvalue weighted by Gasteiger charge is 2.22. The molecule has 1 aliphatic carbocycles. The summed E-state index contributed by atoms with van der Waals surface area (Å²) in [4.78, 5) is 6.39. The zero-order valence-electron chi connectivity index (χ0n) is 8.79. The summed E-state index contributed by atoms with van der Waals surface area (Å²) in [6, 6.07) is 0. The molecule has 0 saturated carbocycles. The summed E-state index contributed by atoms with van der Waals surface area (Å²) in [5.41, 5.74) is 1.42. The fraction of sp³-hybridized carbons (Fsp3) is 0.727. The number of nitrogens with one attached hydrogen (secondary N) is 1. The van der Waals surface area contributed by atoms with Crippen molar-refractivity contribution in [3.05, 3.63) is 15.6 Å². The van der Waals surface area contributed by atoms with Gasteiger partial charge in [-0.2, -0.15) is 0 Å². The van der Waals surface area contributed by atoms with Crippen LogP contribution in [0, 0.1) is 0 Å². The third kappa shape index (κ3) is 2.19. The maximum Gasteiger partial charge on any atom is 0.0962 e. The van der Waals surface area contributed by atoms with E-state index in [-0.39, 0.29) is 12.4 Å². The van der Waals surface area contributed by atoms with Crippen molar-refractivity contribution in [3.8, 4) is 0 Å². The van der Waals surface area contributed by atoms with Gasteiger partial charge in [-0.1, -0.05) is 0 Å². The van der Waals surface area contributed by atoms with Gasteiger partial charge in [0.1, 0.15) is 0 Å². The van der Waals surface area contributed by atoms with E-state index in [2.05, 4.69) is 5.32 Å². The van der Waals surface area contributed by atoms with E-state index in [9.17, 15) is 0 Å². The number of hydrogen-bond acceptors (Lipinski definition) is 3. The first-order valence-corrected chi connectivity index (χ1v) is 6.44. The number of thiazole rings is 1. The molecule has 1 aromatic heterocycles. The number of hydrogen-bond donors (Lipinski definition) is 1. The van der Waals surface area contributed by atoms with Crippen LogP contribution < -0.4 is 5.32 Å². The van der Waals surface area contributed by atoms with Gasteiger partial charge in [0.25, 0.3) is 0 Å². The first-order chi connectivity index (χ1) is 6.93. The summed E-state index contributed by atoms with van der Waals surface area (Å²) < 4.78 is 0. The van der Waals surface area contributed by atoms with Crippen molar-refractivity contribution in [2.24, 2.45) is 0 Å². The van der Waals surface area contributed by atoms with Gasteiger partial charge in [0.2, 0.25) is 0 Å². The van der Waals surface area contributed by atoms with Crippen molar-refractivity contribution in [2.45, 2.75) is 38.0 Å². The van der Waals surface area contributed by atoms with Gasteiger partial charge in [-0.05, 0) is 45.2 Å². The third-order valence-electron chi connectivity index (χ3n) is 3.30. The monoisotopic (exact) mass is 244 g/mol. The molecule has 0 radical (unpaired) electrons. The largest absolute Gasteiger partial charge is 0.317 e. The summed E-state index contributed by atoms with van der Waals surface area (Å²) in [6.45, 7) is 2.35. The lowest BCUT2D eigenvalue weighted by Gasteiger charge is -2.20. The van der Waals surface area contributed by atoms with E-state index >= 15 is 0 Å². The predicted molar refractivity (Wildman–Crippen MR) is 66.2 cm³/mol. The Balaban J connectivity index is 0.000000853. The maximum absolute atomic E-state index is 4.81. The van der Waals surface area contributed by atoms with Crippen molar-refractivity contribution in [1.82, 2.24) is 10.3 Å². The summed E-state index contributed by atoms with van der Waals surface area (Å²) in [6.07, 6.45) is 6.42. The van der Waals surface area contributed by atoms with Gasteiger partial charge in [-0.25, -0.2) is 4.98 Å². The van der Waals surface area contributed by atoms with Crippen LogP contribution in [0.3, 0.4) is 0 Å². The molecule has 0 atom stereocenters. The highest BCUT2D eigenvalue weighted by Crippen LogP contribution is 2.34. The van der Waals surface area contributed by atoms with E-state index in [1.807, 2.05) is 11.3 Å². The molecule has 0 bridgehead atoms. The lowest BCUT2D eigenvalue weighted by Crippen LogP contribution is -2.26. The SMILES string of the molecule is C1Cc2nc(C3CCNCC3)sc2C1.Cl. The number of aryl methyl sites for hydroxylation is 2. The van der Waals surface area contributed by atoms with E-state index in [1.165, 1.54) is 55.9 Å². The topological polar surface area (TPSA) is 24.9 Å². The quantitative estimate of drug-likeness (QED) is 0.821. The normalized spacial score (nSPS) is 21.1. The zero-order valence-corrected chi connectivity index (χ0v) is 10.4. The van der Waals surface area contributed by atoms with Gasteiger partial charge in [0.05, 0.1) is 10.7 Å². The molecular formula is C11H17ClN2S. The van der Waals surface area contributed by atoms with Crippen LogP contribution in [0.4, 0.5) is 0 Å². The predicted octanol–water partition coefficient (Wildman–Crippen LogP) is 2.52. The molecule has 0 aromatic carbocycles. The number of piperidine rings is 1. The molecule has 1 saturated heterocycles. The highest BCUT2D eigenvalue weighted by atomic mass is 35.5. The van der Waals surface area contributed by atoms with Crippen LogP contribution in [0.5, 0.6) is 0 Å². The summed E-state index contributed by atoms with van der Waals surface area (Å²) in [5.74, 6) is 0.756. The number of halogens is 1. The first-order valence-electron chi connectivity index (χ1n) is 5.62. The van der Waals surface area contributed by atoms with Crippen LogP contribution in [0.2, 0.25) is 0 Å². The van der Waals surface area contributed by atoms with Crippen LogP contribution in [0.15, 0.2) is 0 Å². The molecule has 1 fully saturated rings. The van der Waals surface area contributed by atoms with E-state index < -0.39 is 0 Å². The summed E-state index contributed by atoms with van der Waals surface area (Å²) in [5, 5.41) is 4.84. The van der Waals surface area contributed by atoms with Crippen molar-refractivity contribution >= 4 is 23.7 Å². The van der Waals surface area contributed by atoms with Crippen LogP contribution in [-0.2, 0) is 12.8 Å². The molecule has 1 N–H and O–H groups in total. The summed E-state index contributed by atoms with van der Waals surface area (Å²) >= 11 is 1.99. The van der Waals surface area contributed by atoms with Gasteiger partial charge >= 0.3 is 0 Å². The fourth-order valence-electron chi connectivity index (χ4n) is 2.45. The molecule has 2 nitrogen and oxygen atoms in total. The lowest BCUT2D eigenvalue weighted by molar-refractivity contribution is 0.458. The Morgan fingerprint density at radius 3 is 2.73 bits per heavy atom. The summed E-state index contributed by atoms with van der Waals surface area (Å²) in [7, 11) is 0. The van der Waals surface area contributed by atoms with Crippen molar-refractivity contribution in [2.75, 3.05) is 13.1 Å². The zero-order chi connectivity index (χ0) is 9.38. The molecular weight excluding hydrogens is 228 g/mol. The minimum Gasteiger partial charge on any atom is -0.317 e. The molecule has 1 aromatic rings. The Kier molecular flexibility index (Phi) is 3.65. The fourth-order valence-corrected chi connectivity index (χ4v) is 3.78. The molecule has 0 unspecified atom stereocenters. The van der Waals surface area contributed by atoms with Crippen molar-refractivity contribution < 1.29 is 0 Å². The Bertz CT molecular complexity index is 310. The number of nitrogens with zero attached hydrogens (tertiary/aromatic N) is 1. The molecule has 15 heavy (non-hydrogen) atoms. The molecule has 4 heteroatoms. The van der Waals surface area contributed by atoms with Gasteiger partial charge < -0.3 is 5.32 Å². The van der Waals surface area contributed by atoms with E-state index in [0.29, 0.717) is 0 Å². The standard InChI is InChI=1S/C11H16N2S.ClH/c1-2-9-10(3-1)14-11(13-9)8-4-6-12-7-5-8;/h8,12H,1-7H2;1H. The van der Waals surface area contributed by atoms with Crippen molar-refractivity contribution in [3.63, 3.8) is 0 Å². The van der Waals surface area contributed by atoms with E-state index in [4.69, 9.17) is 4.98 Å². The average Bonchev–Trinajstić information content (AvgIpc) is 2.78. The van der Waals surface area contributed by atoms with E-state index in [0.717, 1.165) is 5.92 Å². The van der Waals surface area contributed by atoms with Gasteiger partial charge in [-0.3, -0.25) is 0 Å². The van der Waals surface area contributed by atoms with E-state index in [1.54, 1.807) is 4.88 Å². The number of fused-ring (bicyclic) bond motifs is 1. The second-order valence-corrected chi connectivity index (χ2v) is 5.42. The first kappa shape index (κ1) is 11.4. The van der Waals surface area contributed by atoms with Crippen LogP contribution in [0.25, 0.3) is 0 Å². The Morgan fingerprint density at radius 1 is 1.20 bits per heavy atom. The lowest BCUT2D eigenvalue weighted by atomic mass is 9.99. The Hall–Kier alpha value is -0.120. The molecule has 0 spiro atoms. The Labute approximate surface area is 101 Å². The van der Waals surface area contributed by atoms with Gasteiger partial charge in [0.15, 0.2) is 0 Å². The van der Waals surface area contributed by atoms with Crippen molar-refractivity contribution in [1.29, 1.82) is 0 Å². The highest BCUT2D eigenvalue weighted by molar-refractivity contribution is 7.11. The molecule has 84 valence electrons. The third-order valence-corrected chi connectivity index (χ3v) is 4.62. The molecule has 2 aliphatic rings. The minimum absolute atomic E-state index is 0. The molecule has 3 rings (SSSR count). The molecule has 2 heterocycles.